The van der Waals surface area contributed by atoms with E-state index in [1.807, 2.05) is 0 Å². The highest BCUT2D eigenvalue weighted by molar-refractivity contribution is 9.25. The third-order valence-corrected chi connectivity index (χ3v) is 5.61. The van der Waals surface area contributed by atoms with Crippen LogP contribution < -0.4 is 0 Å². The first kappa shape index (κ1) is 9.91. The van der Waals surface area contributed by atoms with Crippen LogP contribution in [0.3, 0.4) is 0 Å². The summed E-state index contributed by atoms with van der Waals surface area (Å²) in [6.07, 6.45) is 3.60. The predicted molar refractivity (Wildman–Crippen MR) is 58.7 cm³/mol. The van der Waals surface area contributed by atoms with E-state index in [1.165, 1.54) is 19.3 Å². The van der Waals surface area contributed by atoms with Crippen molar-refractivity contribution in [2.45, 2.75) is 27.6 Å². The predicted octanol–water partition coefficient (Wildman–Crippen LogP) is 4.21. The van der Waals surface area contributed by atoms with Crippen LogP contribution in [-0.4, -0.2) is 8.31 Å². The Morgan fingerprint density at radius 1 is 1.17 bits per heavy atom. The Kier molecular flexibility index (Phi) is 2.64. The maximum atomic E-state index is 13.5. The first-order chi connectivity index (χ1) is 5.52. The zero-order valence-electron chi connectivity index (χ0n) is 6.44. The second-order valence-electron chi connectivity index (χ2n) is 3.77. The Hall–Kier alpha value is 1.37. The number of alkyl halides is 4. The van der Waals surface area contributed by atoms with Crippen LogP contribution in [0, 0.1) is 17.8 Å². The molecule has 3 saturated carbocycles. The van der Waals surface area contributed by atoms with Crippen LogP contribution in [0.1, 0.15) is 19.3 Å². The zero-order chi connectivity index (χ0) is 8.93. The molecule has 0 saturated heterocycles. The van der Waals surface area contributed by atoms with Crippen molar-refractivity contribution in [3.63, 3.8) is 0 Å². The number of fused-ring (bicyclic) bond motifs is 2. The molecule has 0 heterocycles. The van der Waals surface area contributed by atoms with Gasteiger partial charge in [0.05, 0.1) is 0 Å². The van der Waals surface area contributed by atoms with E-state index in [4.69, 9.17) is 0 Å². The molecule has 0 amide bonds. The topological polar surface area (TPSA) is 0 Å². The monoisotopic (exact) mass is 362 g/mol. The van der Waals surface area contributed by atoms with E-state index in [1.54, 1.807) is 0 Å². The van der Waals surface area contributed by atoms with Gasteiger partial charge in [-0.25, -0.2) is 4.39 Å². The van der Waals surface area contributed by atoms with E-state index in [0.29, 0.717) is 16.7 Å². The van der Waals surface area contributed by atoms with Crippen molar-refractivity contribution in [2.24, 2.45) is 17.8 Å². The van der Waals surface area contributed by atoms with Crippen LogP contribution in [0.5, 0.6) is 0 Å². The van der Waals surface area contributed by atoms with Crippen molar-refractivity contribution >= 4 is 47.8 Å². The molecular weight excluding hydrogens is 355 g/mol. The summed E-state index contributed by atoms with van der Waals surface area (Å²) in [4.78, 5) is 0.557. The van der Waals surface area contributed by atoms with Crippen LogP contribution in [0.4, 0.5) is 4.39 Å². The summed E-state index contributed by atoms with van der Waals surface area (Å²) in [5.41, 5.74) is 0. The molecule has 3 rings (SSSR count). The first-order valence-corrected chi connectivity index (χ1v) is 6.73. The zero-order valence-corrected chi connectivity index (χ0v) is 11.2. The lowest BCUT2D eigenvalue weighted by molar-refractivity contribution is -0.00666. The summed E-state index contributed by atoms with van der Waals surface area (Å²) in [7, 11) is 0. The van der Waals surface area contributed by atoms with Gasteiger partial charge in [-0.15, -0.1) is 0 Å². The Labute approximate surface area is 97.1 Å². The molecule has 0 aliphatic heterocycles. The van der Waals surface area contributed by atoms with Gasteiger partial charge in [0.15, 0.2) is 0 Å². The standard InChI is InChI=1S/C8H10Br3F/c9-7-4-2-1-3-5(7)6(4)8(10,11)12/h4-7H,1-3H2. The molecule has 3 aliphatic rings. The SMILES string of the molecule is FC(Br)(Br)C1C2CCCC1C2Br. The number of halogens is 4. The molecule has 0 N–H and O–H groups in total. The molecule has 3 aliphatic carbocycles. The molecule has 12 heavy (non-hydrogen) atoms. The lowest BCUT2D eigenvalue weighted by atomic mass is 9.57. The minimum absolute atomic E-state index is 0.163. The van der Waals surface area contributed by atoms with Gasteiger partial charge in [0.25, 0.3) is 0 Å². The van der Waals surface area contributed by atoms with Crippen molar-refractivity contribution in [2.75, 3.05) is 0 Å². The fourth-order valence-electron chi connectivity index (χ4n) is 2.64. The molecule has 0 nitrogen and oxygen atoms in total. The number of hydrogen-bond donors (Lipinski definition) is 0. The van der Waals surface area contributed by atoms with Crippen molar-refractivity contribution in [1.82, 2.24) is 0 Å². The van der Waals surface area contributed by atoms with Gasteiger partial charge in [0.2, 0.25) is 3.49 Å². The van der Waals surface area contributed by atoms with Crippen molar-refractivity contribution in [3.8, 4) is 0 Å². The summed E-state index contributed by atoms with van der Waals surface area (Å²) >= 11 is 9.76. The maximum absolute atomic E-state index is 13.5. The molecule has 2 unspecified atom stereocenters. The highest BCUT2D eigenvalue weighted by atomic mass is 79.9. The quantitative estimate of drug-likeness (QED) is 0.611. The Morgan fingerprint density at radius 3 is 1.92 bits per heavy atom. The van der Waals surface area contributed by atoms with E-state index in [-0.39, 0.29) is 5.92 Å². The van der Waals surface area contributed by atoms with Crippen molar-refractivity contribution < 1.29 is 4.39 Å². The third-order valence-electron chi connectivity index (χ3n) is 3.19. The highest BCUT2D eigenvalue weighted by Crippen LogP contribution is 2.62. The van der Waals surface area contributed by atoms with Crippen molar-refractivity contribution in [3.05, 3.63) is 0 Å². The molecule has 0 aromatic rings. The normalized spacial score (nSPS) is 47.0. The van der Waals surface area contributed by atoms with E-state index in [2.05, 4.69) is 47.8 Å². The smallest absolute Gasteiger partial charge is 0.218 e. The number of hydrogen-bond acceptors (Lipinski definition) is 0. The van der Waals surface area contributed by atoms with E-state index in [0.717, 1.165) is 0 Å². The van der Waals surface area contributed by atoms with Gasteiger partial charge in [0, 0.05) is 10.7 Å². The Balaban J connectivity index is 2.12. The van der Waals surface area contributed by atoms with Gasteiger partial charge in [-0.05, 0) is 56.5 Å². The van der Waals surface area contributed by atoms with Gasteiger partial charge < -0.3 is 0 Å². The lowest BCUT2D eigenvalue weighted by Gasteiger charge is -2.56. The van der Waals surface area contributed by atoms with E-state index < -0.39 is 3.49 Å². The van der Waals surface area contributed by atoms with Gasteiger partial charge in [-0.2, -0.15) is 0 Å². The Morgan fingerprint density at radius 2 is 1.67 bits per heavy atom. The second kappa shape index (κ2) is 3.20. The summed E-state index contributed by atoms with van der Waals surface area (Å²) in [6.45, 7) is 0. The van der Waals surface area contributed by atoms with Gasteiger partial charge in [-0.3, -0.25) is 0 Å². The van der Waals surface area contributed by atoms with Gasteiger partial charge in [-0.1, -0.05) is 22.4 Å². The summed E-state index contributed by atoms with van der Waals surface area (Å²) in [5.74, 6) is 1.20. The van der Waals surface area contributed by atoms with Crippen LogP contribution >= 0.6 is 47.8 Å². The fourth-order valence-corrected chi connectivity index (χ4v) is 5.18. The van der Waals surface area contributed by atoms with Gasteiger partial charge in [0.1, 0.15) is 0 Å². The lowest BCUT2D eigenvalue weighted by Crippen LogP contribution is -2.56. The number of rotatable bonds is 1. The van der Waals surface area contributed by atoms with Gasteiger partial charge >= 0.3 is 0 Å². The Bertz CT molecular complexity index is 177. The van der Waals surface area contributed by atoms with Crippen molar-refractivity contribution in [1.29, 1.82) is 0 Å². The molecule has 4 heteroatoms. The summed E-state index contributed by atoms with van der Waals surface area (Å²) < 4.78 is 12.2. The fraction of sp³-hybridized carbons (Fsp3) is 1.00. The minimum Gasteiger partial charge on any atom is -0.218 e. The van der Waals surface area contributed by atoms with Crippen LogP contribution in [0.15, 0.2) is 0 Å². The highest BCUT2D eigenvalue weighted by Gasteiger charge is 2.58. The molecule has 70 valence electrons. The molecule has 2 bridgehead atoms. The first-order valence-electron chi connectivity index (χ1n) is 4.22. The molecule has 0 spiro atoms. The molecular formula is C8H10Br3F. The molecule has 0 radical (unpaired) electrons. The largest absolute Gasteiger partial charge is 0.222 e. The van der Waals surface area contributed by atoms with Crippen LogP contribution in [0.2, 0.25) is 0 Å². The van der Waals surface area contributed by atoms with E-state index >= 15 is 0 Å². The third kappa shape index (κ3) is 1.42. The molecule has 2 atom stereocenters. The molecule has 3 fully saturated rings. The average Bonchev–Trinajstić information content (AvgIpc) is 2.01. The maximum Gasteiger partial charge on any atom is 0.222 e. The second-order valence-corrected chi connectivity index (χ2v) is 8.20. The van der Waals surface area contributed by atoms with Crippen LogP contribution in [0.25, 0.3) is 0 Å². The average molecular weight is 365 g/mol. The summed E-state index contributed by atoms with van der Waals surface area (Å²) in [5, 5.41) is 0. The summed E-state index contributed by atoms with van der Waals surface area (Å²) in [6, 6.07) is 0. The minimum atomic E-state index is -1.33. The van der Waals surface area contributed by atoms with E-state index in [9.17, 15) is 4.39 Å². The molecule has 0 aromatic carbocycles. The molecule has 0 aromatic heterocycles. The van der Waals surface area contributed by atoms with Crippen LogP contribution in [-0.2, 0) is 0 Å².